The minimum atomic E-state index is -0.886. The summed E-state index contributed by atoms with van der Waals surface area (Å²) in [6.07, 6.45) is -0.0398. The zero-order valence-corrected chi connectivity index (χ0v) is 14.7. The Labute approximate surface area is 152 Å². The van der Waals surface area contributed by atoms with Gasteiger partial charge in [-0.2, -0.15) is 0 Å². The molecule has 0 fully saturated rings. The number of nitrogens with one attached hydrogen (secondary N) is 1. The average molecular weight is 361 g/mol. The standard InChI is InChI=1S/C19H27N3O4/c20-13-1-2-19(22-10-14(26)11-25)17(9-13)16-7-12(3-5-23)8-18(21)15(16)4-6-24/h1-2,7-9,14,22-26H,3-6,10-11,20-21H2. The summed E-state index contributed by atoms with van der Waals surface area (Å²) in [4.78, 5) is 0. The summed E-state index contributed by atoms with van der Waals surface area (Å²) in [6, 6.07) is 9.07. The van der Waals surface area contributed by atoms with Crippen LogP contribution in [0.2, 0.25) is 0 Å². The molecule has 0 saturated carbocycles. The molecule has 2 rings (SSSR count). The smallest absolute Gasteiger partial charge is 0.0942 e. The maximum Gasteiger partial charge on any atom is 0.0942 e. The molecule has 0 amide bonds. The first-order valence-electron chi connectivity index (χ1n) is 8.55. The molecule has 0 radical (unpaired) electrons. The maximum absolute atomic E-state index is 9.61. The molecule has 0 bridgehead atoms. The van der Waals surface area contributed by atoms with Crippen LogP contribution in [0.1, 0.15) is 11.1 Å². The number of nitrogen functional groups attached to an aromatic ring is 2. The summed E-state index contributed by atoms with van der Waals surface area (Å²) in [7, 11) is 0. The quantitative estimate of drug-likeness (QED) is 0.319. The highest BCUT2D eigenvalue weighted by Crippen LogP contribution is 2.36. The lowest BCUT2D eigenvalue weighted by molar-refractivity contribution is 0.105. The van der Waals surface area contributed by atoms with E-state index in [0.717, 1.165) is 27.9 Å². The fraction of sp³-hybridized carbons (Fsp3) is 0.368. The lowest BCUT2D eigenvalue weighted by Crippen LogP contribution is -2.23. The lowest BCUT2D eigenvalue weighted by Gasteiger charge is -2.19. The molecule has 0 aliphatic rings. The molecular weight excluding hydrogens is 334 g/mol. The van der Waals surface area contributed by atoms with Crippen LogP contribution in [0.15, 0.2) is 30.3 Å². The Hall–Kier alpha value is -2.32. The molecule has 7 nitrogen and oxygen atoms in total. The Morgan fingerprint density at radius 2 is 1.65 bits per heavy atom. The molecule has 9 N–H and O–H groups in total. The van der Waals surface area contributed by atoms with Crippen LogP contribution in [0.5, 0.6) is 0 Å². The largest absolute Gasteiger partial charge is 0.399 e. The predicted octanol–water partition coefficient (Wildman–Crippen LogP) is 0.353. The van der Waals surface area contributed by atoms with Gasteiger partial charge in [0.1, 0.15) is 0 Å². The van der Waals surface area contributed by atoms with Crippen LogP contribution >= 0.6 is 0 Å². The van der Waals surface area contributed by atoms with Gasteiger partial charge in [-0.15, -0.1) is 0 Å². The van der Waals surface area contributed by atoms with Crippen molar-refractivity contribution in [2.45, 2.75) is 18.9 Å². The second-order valence-electron chi connectivity index (χ2n) is 6.18. The van der Waals surface area contributed by atoms with E-state index in [1.165, 1.54) is 0 Å². The molecule has 0 spiro atoms. The van der Waals surface area contributed by atoms with Gasteiger partial charge in [0.05, 0.1) is 12.7 Å². The van der Waals surface area contributed by atoms with Gasteiger partial charge < -0.3 is 37.2 Å². The zero-order valence-electron chi connectivity index (χ0n) is 14.7. The van der Waals surface area contributed by atoms with Crippen LogP contribution in [0.4, 0.5) is 17.1 Å². The summed E-state index contributed by atoms with van der Waals surface area (Å²) in [5.41, 5.74) is 17.3. The van der Waals surface area contributed by atoms with Gasteiger partial charge in [-0.1, -0.05) is 6.07 Å². The minimum Gasteiger partial charge on any atom is -0.399 e. The molecule has 7 heteroatoms. The van der Waals surface area contributed by atoms with E-state index in [4.69, 9.17) is 16.6 Å². The van der Waals surface area contributed by atoms with Crippen molar-refractivity contribution in [2.24, 2.45) is 0 Å². The van der Waals surface area contributed by atoms with Crippen molar-refractivity contribution in [1.82, 2.24) is 0 Å². The molecule has 0 aromatic heterocycles. The third-order valence-corrected chi connectivity index (χ3v) is 4.18. The van der Waals surface area contributed by atoms with Crippen molar-refractivity contribution < 1.29 is 20.4 Å². The van der Waals surface area contributed by atoms with Crippen LogP contribution in [0, 0.1) is 0 Å². The fourth-order valence-corrected chi connectivity index (χ4v) is 2.89. The molecule has 2 aromatic carbocycles. The van der Waals surface area contributed by atoms with E-state index in [-0.39, 0.29) is 26.4 Å². The van der Waals surface area contributed by atoms with Crippen molar-refractivity contribution >= 4 is 17.1 Å². The summed E-state index contributed by atoms with van der Waals surface area (Å²) in [5, 5.41) is 40.4. The molecule has 2 aromatic rings. The van der Waals surface area contributed by atoms with E-state index in [2.05, 4.69) is 5.32 Å². The van der Waals surface area contributed by atoms with Crippen molar-refractivity contribution in [3.8, 4) is 11.1 Å². The van der Waals surface area contributed by atoms with Gasteiger partial charge in [-0.25, -0.2) is 0 Å². The van der Waals surface area contributed by atoms with Gasteiger partial charge in [-0.3, -0.25) is 0 Å². The van der Waals surface area contributed by atoms with E-state index >= 15 is 0 Å². The Kier molecular flexibility index (Phi) is 7.23. The maximum atomic E-state index is 9.61. The molecule has 1 atom stereocenters. The highest BCUT2D eigenvalue weighted by atomic mass is 16.3. The van der Waals surface area contributed by atoms with Crippen LogP contribution in [0.3, 0.4) is 0 Å². The third kappa shape index (κ3) is 4.86. The van der Waals surface area contributed by atoms with Gasteiger partial charge in [0.15, 0.2) is 0 Å². The van der Waals surface area contributed by atoms with Crippen LogP contribution in [-0.4, -0.2) is 52.9 Å². The van der Waals surface area contributed by atoms with E-state index < -0.39 is 6.10 Å². The van der Waals surface area contributed by atoms with E-state index in [0.29, 0.717) is 24.2 Å². The number of rotatable bonds is 9. The Morgan fingerprint density at radius 1 is 0.923 bits per heavy atom. The highest BCUT2D eigenvalue weighted by molar-refractivity contribution is 5.85. The molecule has 0 saturated heterocycles. The first kappa shape index (κ1) is 20.0. The SMILES string of the molecule is Nc1ccc(NCC(O)CO)c(-c2cc(CCO)cc(N)c2CCO)c1. The minimum absolute atomic E-state index is 0.00293. The lowest BCUT2D eigenvalue weighted by atomic mass is 9.92. The molecule has 142 valence electrons. The van der Waals surface area contributed by atoms with E-state index in [9.17, 15) is 15.3 Å². The molecular formula is C19H27N3O4. The Bertz CT molecular complexity index is 737. The van der Waals surface area contributed by atoms with E-state index in [1.807, 2.05) is 6.07 Å². The molecule has 0 aliphatic carbocycles. The number of nitrogens with two attached hydrogens (primary N) is 2. The van der Waals surface area contributed by atoms with Gasteiger partial charge in [0.25, 0.3) is 0 Å². The van der Waals surface area contributed by atoms with E-state index in [1.54, 1.807) is 24.3 Å². The van der Waals surface area contributed by atoms with Crippen molar-refractivity contribution in [1.29, 1.82) is 0 Å². The number of benzene rings is 2. The topological polar surface area (TPSA) is 145 Å². The molecule has 1 unspecified atom stereocenters. The van der Waals surface area contributed by atoms with Gasteiger partial charge >= 0.3 is 0 Å². The van der Waals surface area contributed by atoms with Gasteiger partial charge in [0.2, 0.25) is 0 Å². The molecule has 0 aliphatic heterocycles. The van der Waals surface area contributed by atoms with Crippen molar-refractivity contribution in [3.05, 3.63) is 41.5 Å². The first-order chi connectivity index (χ1) is 12.5. The molecule has 0 heterocycles. The third-order valence-electron chi connectivity index (χ3n) is 4.18. The second-order valence-corrected chi connectivity index (χ2v) is 6.18. The van der Waals surface area contributed by atoms with Gasteiger partial charge in [0, 0.05) is 42.4 Å². The number of hydrogen-bond acceptors (Lipinski definition) is 7. The van der Waals surface area contributed by atoms with Crippen LogP contribution in [-0.2, 0) is 12.8 Å². The molecule has 26 heavy (non-hydrogen) atoms. The van der Waals surface area contributed by atoms with Crippen molar-refractivity contribution in [3.63, 3.8) is 0 Å². The van der Waals surface area contributed by atoms with Crippen molar-refractivity contribution in [2.75, 3.05) is 43.1 Å². The zero-order chi connectivity index (χ0) is 19.1. The first-order valence-corrected chi connectivity index (χ1v) is 8.55. The summed E-state index contributed by atoms with van der Waals surface area (Å²) < 4.78 is 0. The number of aliphatic hydroxyl groups excluding tert-OH is 4. The highest BCUT2D eigenvalue weighted by Gasteiger charge is 2.15. The fourth-order valence-electron chi connectivity index (χ4n) is 2.89. The average Bonchev–Trinajstić information content (AvgIpc) is 2.62. The Morgan fingerprint density at radius 3 is 2.31 bits per heavy atom. The second kappa shape index (κ2) is 9.40. The number of aliphatic hydroxyl groups is 4. The monoisotopic (exact) mass is 361 g/mol. The summed E-state index contributed by atoms with van der Waals surface area (Å²) in [5.74, 6) is 0. The van der Waals surface area contributed by atoms with Crippen LogP contribution in [0.25, 0.3) is 11.1 Å². The number of anilines is 3. The summed E-state index contributed by atoms with van der Waals surface area (Å²) >= 11 is 0. The van der Waals surface area contributed by atoms with Gasteiger partial charge in [-0.05, 0) is 53.8 Å². The Balaban J connectivity index is 2.55. The summed E-state index contributed by atoms with van der Waals surface area (Å²) in [6.45, 7) is -0.214. The van der Waals surface area contributed by atoms with Crippen LogP contribution < -0.4 is 16.8 Å². The normalized spacial score (nSPS) is 12.2. The number of hydrogen-bond donors (Lipinski definition) is 7. The predicted molar refractivity (Wildman–Crippen MR) is 104 cm³/mol.